The van der Waals surface area contributed by atoms with Crippen molar-refractivity contribution >= 4 is 23.2 Å². The number of hydrogen-bond donors (Lipinski definition) is 0. The fraction of sp³-hybridized carbons (Fsp3) is 0.519. The first-order chi connectivity index (χ1) is 15.0. The van der Waals surface area contributed by atoms with Crippen molar-refractivity contribution in [3.63, 3.8) is 0 Å². The third-order valence-corrected chi connectivity index (χ3v) is 7.65. The van der Waals surface area contributed by atoms with Crippen LogP contribution >= 0.6 is 23.2 Å². The number of halogens is 2. The molecule has 2 nitrogen and oxygen atoms in total. The zero-order valence-corrected chi connectivity index (χ0v) is 20.3. The van der Waals surface area contributed by atoms with E-state index in [1.165, 1.54) is 24.8 Å². The largest absolute Gasteiger partial charge is 0.297 e. The molecule has 0 radical (unpaired) electrons. The van der Waals surface area contributed by atoms with E-state index in [-0.39, 0.29) is 0 Å². The average Bonchev–Trinajstić information content (AvgIpc) is 2.79. The van der Waals surface area contributed by atoms with Gasteiger partial charge in [0.1, 0.15) is 0 Å². The Labute approximate surface area is 198 Å². The number of nitrogens with zero attached hydrogens (tertiary/aromatic N) is 2. The van der Waals surface area contributed by atoms with E-state index in [0.717, 1.165) is 44.3 Å². The molecule has 3 rings (SSSR count). The molecule has 0 saturated heterocycles. The van der Waals surface area contributed by atoms with Gasteiger partial charge >= 0.3 is 0 Å². The molecule has 0 spiro atoms. The number of nitriles is 1. The summed E-state index contributed by atoms with van der Waals surface area (Å²) >= 11 is 12.6. The first-order valence-corrected chi connectivity index (χ1v) is 12.4. The van der Waals surface area contributed by atoms with Crippen LogP contribution in [0.4, 0.5) is 0 Å². The van der Waals surface area contributed by atoms with Crippen molar-refractivity contribution in [1.82, 2.24) is 4.90 Å². The van der Waals surface area contributed by atoms with Gasteiger partial charge in [0.05, 0.1) is 21.5 Å². The summed E-state index contributed by atoms with van der Waals surface area (Å²) in [6.45, 7) is 6.42. The van der Waals surface area contributed by atoms with Crippen LogP contribution in [0.3, 0.4) is 0 Å². The summed E-state index contributed by atoms with van der Waals surface area (Å²) in [5, 5.41) is 11.6. The van der Waals surface area contributed by atoms with Gasteiger partial charge in [0.2, 0.25) is 0 Å². The van der Waals surface area contributed by atoms with Crippen LogP contribution in [0.2, 0.25) is 10.0 Å². The smallest absolute Gasteiger partial charge is 0.0851 e. The van der Waals surface area contributed by atoms with E-state index >= 15 is 0 Å². The van der Waals surface area contributed by atoms with Crippen LogP contribution in [-0.2, 0) is 12.0 Å². The average molecular weight is 457 g/mol. The van der Waals surface area contributed by atoms with Gasteiger partial charge in [-0.3, -0.25) is 4.90 Å². The molecule has 0 bridgehead atoms. The summed E-state index contributed by atoms with van der Waals surface area (Å²) in [7, 11) is 0. The highest BCUT2D eigenvalue weighted by Gasteiger charge is 2.41. The Hall–Kier alpha value is -1.53. The maximum atomic E-state index is 10.5. The lowest BCUT2D eigenvalue weighted by molar-refractivity contribution is 0.186. The zero-order chi connectivity index (χ0) is 22.3. The molecular weight excluding hydrogens is 423 g/mol. The van der Waals surface area contributed by atoms with Crippen molar-refractivity contribution in [3.8, 4) is 6.07 Å². The fourth-order valence-electron chi connectivity index (χ4n) is 5.06. The minimum atomic E-state index is -0.496. The molecule has 0 aliphatic heterocycles. The predicted octanol–water partition coefficient (Wildman–Crippen LogP) is 8.03. The molecule has 2 aromatic rings. The van der Waals surface area contributed by atoms with Crippen molar-refractivity contribution in [1.29, 1.82) is 5.26 Å². The van der Waals surface area contributed by atoms with Crippen LogP contribution in [-0.4, -0.2) is 17.5 Å². The van der Waals surface area contributed by atoms with Gasteiger partial charge in [-0.1, -0.05) is 78.9 Å². The summed E-state index contributed by atoms with van der Waals surface area (Å²) in [5.74, 6) is 0.380. The summed E-state index contributed by atoms with van der Waals surface area (Å²) in [5.41, 5.74) is 1.87. The van der Waals surface area contributed by atoms with Crippen molar-refractivity contribution in [3.05, 3.63) is 69.7 Å². The van der Waals surface area contributed by atoms with Gasteiger partial charge in [0.25, 0.3) is 0 Å². The van der Waals surface area contributed by atoms with E-state index in [4.69, 9.17) is 23.2 Å². The molecule has 0 N–H and O–H groups in total. The van der Waals surface area contributed by atoms with E-state index in [1.807, 2.05) is 18.2 Å². The van der Waals surface area contributed by atoms with Crippen LogP contribution in [0.15, 0.2) is 48.5 Å². The molecule has 1 fully saturated rings. The molecule has 1 aliphatic rings. The molecule has 1 saturated carbocycles. The molecule has 31 heavy (non-hydrogen) atoms. The molecule has 2 aromatic carbocycles. The maximum absolute atomic E-state index is 10.5. The quantitative estimate of drug-likeness (QED) is 0.381. The lowest BCUT2D eigenvalue weighted by atomic mass is 9.63. The minimum absolute atomic E-state index is 0.380. The van der Waals surface area contributed by atoms with Crippen molar-refractivity contribution in [2.75, 3.05) is 6.54 Å². The monoisotopic (exact) mass is 456 g/mol. The molecule has 1 aliphatic carbocycles. The number of hydrogen-bond acceptors (Lipinski definition) is 2. The SMILES string of the molecule is CC(C)N(CCCC(C#N)(c1ccc(Cl)c(Cl)c1)C1CCCCC1)Cc1ccccc1. The van der Waals surface area contributed by atoms with Gasteiger partial charge in [-0.15, -0.1) is 0 Å². The third-order valence-electron chi connectivity index (χ3n) is 6.91. The Morgan fingerprint density at radius 3 is 2.35 bits per heavy atom. The van der Waals surface area contributed by atoms with E-state index in [1.54, 1.807) is 0 Å². The van der Waals surface area contributed by atoms with Crippen LogP contribution < -0.4 is 0 Å². The molecule has 166 valence electrons. The molecule has 0 heterocycles. The Bertz CT molecular complexity index is 869. The maximum Gasteiger partial charge on any atom is 0.0851 e. The van der Waals surface area contributed by atoms with Crippen LogP contribution in [0.5, 0.6) is 0 Å². The van der Waals surface area contributed by atoms with Gasteiger partial charge in [0, 0.05) is 12.6 Å². The fourth-order valence-corrected chi connectivity index (χ4v) is 5.36. The first-order valence-electron chi connectivity index (χ1n) is 11.6. The standard InChI is InChI=1S/C27H34Cl2N2/c1-21(2)31(19-22-10-5-3-6-11-22)17-9-16-27(20-30,23-12-7-4-8-13-23)24-14-15-25(28)26(29)18-24/h3,5-6,10-11,14-15,18,21,23H,4,7-9,12-13,16-17,19H2,1-2H3. The summed E-state index contributed by atoms with van der Waals surface area (Å²) in [6, 6.07) is 19.7. The van der Waals surface area contributed by atoms with Gasteiger partial charge in [-0.05, 0) is 75.3 Å². The zero-order valence-electron chi connectivity index (χ0n) is 18.8. The molecule has 1 unspecified atom stereocenters. The Morgan fingerprint density at radius 2 is 1.74 bits per heavy atom. The Morgan fingerprint density at radius 1 is 1.03 bits per heavy atom. The van der Waals surface area contributed by atoms with E-state index in [0.29, 0.717) is 22.0 Å². The summed E-state index contributed by atoms with van der Waals surface area (Å²) < 4.78 is 0. The predicted molar refractivity (Wildman–Crippen MR) is 132 cm³/mol. The summed E-state index contributed by atoms with van der Waals surface area (Å²) in [6.07, 6.45) is 7.76. The normalized spacial score (nSPS) is 16.9. The molecule has 0 amide bonds. The molecular formula is C27H34Cl2N2. The minimum Gasteiger partial charge on any atom is -0.297 e. The summed E-state index contributed by atoms with van der Waals surface area (Å²) in [4.78, 5) is 2.51. The highest BCUT2D eigenvalue weighted by atomic mass is 35.5. The van der Waals surface area contributed by atoms with Crippen LogP contribution in [0.1, 0.15) is 69.9 Å². The van der Waals surface area contributed by atoms with Crippen LogP contribution in [0.25, 0.3) is 0 Å². The van der Waals surface area contributed by atoms with Gasteiger partial charge in [-0.2, -0.15) is 5.26 Å². The van der Waals surface area contributed by atoms with E-state index in [2.05, 4.69) is 55.1 Å². The van der Waals surface area contributed by atoms with E-state index in [9.17, 15) is 5.26 Å². The lowest BCUT2D eigenvalue weighted by Gasteiger charge is -2.39. The Balaban J connectivity index is 1.79. The van der Waals surface area contributed by atoms with Crippen LogP contribution in [0, 0.1) is 17.2 Å². The van der Waals surface area contributed by atoms with E-state index < -0.39 is 5.41 Å². The van der Waals surface area contributed by atoms with Crippen molar-refractivity contribution < 1.29 is 0 Å². The molecule has 0 aromatic heterocycles. The van der Waals surface area contributed by atoms with Crippen molar-refractivity contribution in [2.45, 2.75) is 76.8 Å². The highest BCUT2D eigenvalue weighted by molar-refractivity contribution is 6.42. The number of rotatable bonds is 9. The lowest BCUT2D eigenvalue weighted by Crippen LogP contribution is -2.37. The second-order valence-electron chi connectivity index (χ2n) is 9.20. The van der Waals surface area contributed by atoms with Gasteiger partial charge in [-0.25, -0.2) is 0 Å². The van der Waals surface area contributed by atoms with Crippen molar-refractivity contribution in [2.24, 2.45) is 5.92 Å². The first kappa shape index (κ1) is 24.1. The topological polar surface area (TPSA) is 27.0 Å². The highest BCUT2D eigenvalue weighted by Crippen LogP contribution is 2.45. The third kappa shape index (κ3) is 6.04. The molecule has 1 atom stereocenters. The second-order valence-corrected chi connectivity index (χ2v) is 10.0. The van der Waals surface area contributed by atoms with Gasteiger partial charge < -0.3 is 0 Å². The number of benzene rings is 2. The van der Waals surface area contributed by atoms with Gasteiger partial charge in [0.15, 0.2) is 0 Å². The molecule has 4 heteroatoms. The Kier molecular flexibility index (Phi) is 8.85. The second kappa shape index (κ2) is 11.4.